The zero-order valence-corrected chi connectivity index (χ0v) is 14.7. The van der Waals surface area contributed by atoms with Crippen LogP contribution in [0.1, 0.15) is 24.1 Å². The van der Waals surface area contributed by atoms with Crippen LogP contribution in [0, 0.1) is 20.8 Å². The van der Waals surface area contributed by atoms with Crippen LogP contribution in [0.25, 0.3) is 11.4 Å². The van der Waals surface area contributed by atoms with Crippen molar-refractivity contribution in [3.05, 3.63) is 90.3 Å². The molecule has 2 heterocycles. The minimum atomic E-state index is 0. The van der Waals surface area contributed by atoms with Crippen molar-refractivity contribution in [2.45, 2.75) is 28.2 Å². The number of nitrogens with zero attached hydrogens (tertiary/aromatic N) is 5. The van der Waals surface area contributed by atoms with Crippen LogP contribution < -0.4 is 0 Å². The molecule has 134 valence electrons. The third kappa shape index (κ3) is 4.45. The molecule has 5 heteroatoms. The van der Waals surface area contributed by atoms with Gasteiger partial charge in [-0.3, -0.25) is 0 Å². The van der Waals surface area contributed by atoms with Crippen LogP contribution in [0.4, 0.5) is 0 Å². The molecule has 0 radical (unpaired) electrons. The maximum atomic E-state index is 4.16. The Balaban J connectivity index is 0.000000180. The maximum absolute atomic E-state index is 4.16. The Morgan fingerprint density at radius 3 is 2.19 bits per heavy atom. The van der Waals surface area contributed by atoms with E-state index in [9.17, 15) is 0 Å². The zero-order chi connectivity index (χ0) is 17.6. The number of aromatic nitrogens is 5. The molecule has 0 aliphatic carbocycles. The van der Waals surface area contributed by atoms with Gasteiger partial charge < -0.3 is 0 Å². The summed E-state index contributed by atoms with van der Waals surface area (Å²) in [5, 5.41) is 8.26. The van der Waals surface area contributed by atoms with Gasteiger partial charge in [0.15, 0.2) is 0 Å². The van der Waals surface area contributed by atoms with Crippen molar-refractivity contribution >= 4 is 0 Å². The van der Waals surface area contributed by atoms with E-state index in [0.29, 0.717) is 0 Å². The van der Waals surface area contributed by atoms with Gasteiger partial charge in [-0.05, 0) is 55.7 Å². The summed E-state index contributed by atoms with van der Waals surface area (Å²) in [7, 11) is 0. The zero-order valence-electron chi connectivity index (χ0n) is 14.7. The molecule has 5 nitrogen and oxygen atoms in total. The van der Waals surface area contributed by atoms with Gasteiger partial charge in [-0.25, -0.2) is 14.3 Å². The predicted molar refractivity (Wildman–Crippen MR) is 106 cm³/mol. The molecule has 4 aromatic rings. The molecule has 0 aliphatic heterocycles. The van der Waals surface area contributed by atoms with Crippen LogP contribution in [0.2, 0.25) is 0 Å². The largest absolute Gasteiger partial charge is 0.241 e. The van der Waals surface area contributed by atoms with Gasteiger partial charge in [0.05, 0.1) is 11.4 Å². The van der Waals surface area contributed by atoms with Crippen LogP contribution >= 0.6 is 0 Å². The summed E-state index contributed by atoms with van der Waals surface area (Å²) in [6.07, 6.45) is 6.98. The molecule has 2 aromatic carbocycles. The fraction of sp³-hybridized carbons (Fsp3) is 0.190. The number of rotatable bonds is 2. The molecule has 26 heavy (non-hydrogen) atoms. The lowest BCUT2D eigenvalue weighted by Gasteiger charge is -2.05. The Bertz CT molecular complexity index is 925. The van der Waals surface area contributed by atoms with Crippen molar-refractivity contribution in [2.24, 2.45) is 0 Å². The number of aryl methyl sites for hydroxylation is 3. The molecule has 0 amide bonds. The van der Waals surface area contributed by atoms with E-state index < -0.39 is 0 Å². The molecule has 4 rings (SSSR count). The van der Waals surface area contributed by atoms with E-state index in [4.69, 9.17) is 0 Å². The van der Waals surface area contributed by atoms with Gasteiger partial charge in [0.25, 0.3) is 0 Å². The normalized spacial score (nSPS) is 9.81. The smallest absolute Gasteiger partial charge is 0.138 e. The van der Waals surface area contributed by atoms with E-state index in [2.05, 4.69) is 66.3 Å². The number of benzene rings is 2. The Morgan fingerprint density at radius 2 is 1.54 bits per heavy atom. The summed E-state index contributed by atoms with van der Waals surface area (Å²) >= 11 is 0. The van der Waals surface area contributed by atoms with Crippen LogP contribution in [-0.2, 0) is 0 Å². The van der Waals surface area contributed by atoms with Crippen molar-refractivity contribution in [3.63, 3.8) is 0 Å². The molecular weight excluding hydrogens is 322 g/mol. The van der Waals surface area contributed by atoms with Crippen molar-refractivity contribution in [3.8, 4) is 11.4 Å². The topological polar surface area (TPSA) is 48.5 Å². The van der Waals surface area contributed by atoms with Crippen molar-refractivity contribution in [1.29, 1.82) is 0 Å². The Labute approximate surface area is 155 Å². The fourth-order valence-electron chi connectivity index (χ4n) is 2.53. The van der Waals surface area contributed by atoms with Gasteiger partial charge in [0.1, 0.15) is 12.7 Å². The van der Waals surface area contributed by atoms with Gasteiger partial charge in [0.2, 0.25) is 0 Å². The summed E-state index contributed by atoms with van der Waals surface area (Å²) in [6, 6.07) is 16.4. The highest BCUT2D eigenvalue weighted by molar-refractivity contribution is 5.41. The van der Waals surface area contributed by atoms with E-state index >= 15 is 0 Å². The van der Waals surface area contributed by atoms with Crippen molar-refractivity contribution < 1.29 is 0 Å². The Hall–Kier alpha value is -3.21. The molecule has 0 aliphatic rings. The first-order valence-electron chi connectivity index (χ1n) is 8.13. The van der Waals surface area contributed by atoms with Crippen molar-refractivity contribution in [2.75, 3.05) is 0 Å². The van der Waals surface area contributed by atoms with Gasteiger partial charge in [-0.2, -0.15) is 10.2 Å². The molecule has 0 N–H and O–H groups in total. The summed E-state index contributed by atoms with van der Waals surface area (Å²) < 4.78 is 3.65. The molecule has 0 saturated heterocycles. The second-order valence-electron chi connectivity index (χ2n) is 5.87. The average molecular weight is 347 g/mol. The molecule has 0 atom stereocenters. The second-order valence-corrected chi connectivity index (χ2v) is 5.87. The van der Waals surface area contributed by atoms with Crippen LogP contribution in [0.15, 0.2) is 73.6 Å². The molecule has 0 bridgehead atoms. The average Bonchev–Trinajstić information content (AvgIpc) is 3.31. The molecule has 0 fully saturated rings. The summed E-state index contributed by atoms with van der Waals surface area (Å²) in [4.78, 5) is 3.92. The van der Waals surface area contributed by atoms with Gasteiger partial charge in [0, 0.05) is 12.4 Å². The van der Waals surface area contributed by atoms with Crippen LogP contribution in [-0.4, -0.2) is 24.5 Å². The lowest BCUT2D eigenvalue weighted by molar-refractivity contribution is 0.869. The monoisotopic (exact) mass is 347 g/mol. The van der Waals surface area contributed by atoms with Gasteiger partial charge in [-0.1, -0.05) is 37.8 Å². The van der Waals surface area contributed by atoms with Crippen LogP contribution in [0.5, 0.6) is 0 Å². The third-order valence-corrected chi connectivity index (χ3v) is 3.90. The number of hydrogen-bond donors (Lipinski definition) is 0. The predicted octanol–water partition coefficient (Wildman–Crippen LogP) is 4.70. The molecular formula is C21H25N5. The molecule has 0 saturated carbocycles. The SMILES string of the molecule is C.Cc1ccc(C)c(-n2cncn2)c1.Cc1ccccc1-n1cccn1. The lowest BCUT2D eigenvalue weighted by Crippen LogP contribution is -1.97. The minimum absolute atomic E-state index is 0. The maximum Gasteiger partial charge on any atom is 0.138 e. The minimum Gasteiger partial charge on any atom is -0.241 e. The fourth-order valence-corrected chi connectivity index (χ4v) is 2.53. The first-order chi connectivity index (χ1) is 12.1. The highest BCUT2D eigenvalue weighted by atomic mass is 15.3. The molecule has 0 unspecified atom stereocenters. The summed E-state index contributed by atoms with van der Waals surface area (Å²) in [6.45, 7) is 6.22. The van der Waals surface area contributed by atoms with E-state index in [-0.39, 0.29) is 7.43 Å². The first-order valence-corrected chi connectivity index (χ1v) is 8.13. The summed E-state index contributed by atoms with van der Waals surface area (Å²) in [5.74, 6) is 0. The van der Waals surface area contributed by atoms with E-state index in [1.165, 1.54) is 16.7 Å². The van der Waals surface area contributed by atoms with E-state index in [1.807, 2.05) is 29.1 Å². The van der Waals surface area contributed by atoms with E-state index in [1.54, 1.807) is 23.5 Å². The summed E-state index contributed by atoms with van der Waals surface area (Å²) in [5.41, 5.74) is 5.91. The second kappa shape index (κ2) is 8.76. The van der Waals surface area contributed by atoms with Gasteiger partial charge >= 0.3 is 0 Å². The van der Waals surface area contributed by atoms with Gasteiger partial charge in [-0.15, -0.1) is 0 Å². The first kappa shape index (κ1) is 19.1. The van der Waals surface area contributed by atoms with Crippen molar-refractivity contribution in [1.82, 2.24) is 24.5 Å². The third-order valence-electron chi connectivity index (χ3n) is 3.90. The molecule has 2 aromatic heterocycles. The quantitative estimate of drug-likeness (QED) is 0.528. The highest BCUT2D eigenvalue weighted by Gasteiger charge is 2.00. The molecule has 0 spiro atoms. The number of para-hydroxylation sites is 1. The lowest BCUT2D eigenvalue weighted by atomic mass is 10.1. The Morgan fingerprint density at radius 1 is 0.769 bits per heavy atom. The Kier molecular flexibility index (Phi) is 6.44. The standard InChI is InChI=1S/C10H11N3.C10H10N2.CH4/c1-8-3-4-9(2)10(5-8)13-7-11-6-12-13;1-9-5-2-3-6-10(9)12-8-4-7-11-12;/h3-7H,1-2H3;2-8H,1H3;1H4. The highest BCUT2D eigenvalue weighted by Crippen LogP contribution is 2.13. The number of hydrogen-bond acceptors (Lipinski definition) is 3. The van der Waals surface area contributed by atoms with E-state index in [0.717, 1.165) is 11.4 Å². The van der Waals surface area contributed by atoms with Crippen LogP contribution in [0.3, 0.4) is 0 Å².